The summed E-state index contributed by atoms with van der Waals surface area (Å²) in [6.45, 7) is 5.97. The minimum Gasteiger partial charge on any atom is -0.497 e. The first-order valence-corrected chi connectivity index (χ1v) is 9.81. The molecule has 2 aromatic rings. The maximum Gasteiger partial charge on any atom is 0.242 e. The summed E-state index contributed by atoms with van der Waals surface area (Å²) < 4.78 is 5.12. The average molecular weight is 517 g/mol. The first kappa shape index (κ1) is 24.2. The number of guanidine groups is 1. The minimum absolute atomic E-state index is 0. The van der Waals surface area contributed by atoms with Crippen LogP contribution in [0, 0.1) is 6.92 Å². The van der Waals surface area contributed by atoms with Gasteiger partial charge in [-0.15, -0.1) is 35.3 Å². The second-order valence-corrected chi connectivity index (χ2v) is 6.92. The number of nitrogens with zero attached hydrogens (tertiary/aromatic N) is 2. The number of halogens is 1. The van der Waals surface area contributed by atoms with Crippen molar-refractivity contribution in [2.45, 2.75) is 26.8 Å². The summed E-state index contributed by atoms with van der Waals surface area (Å²) in [5.74, 6) is 1.30. The molecule has 154 valence electrons. The lowest BCUT2D eigenvalue weighted by atomic mass is 10.2. The molecule has 2 rings (SSSR count). The van der Waals surface area contributed by atoms with E-state index in [1.807, 2.05) is 38.1 Å². The monoisotopic (exact) mass is 517 g/mol. The number of hydrogen-bond donors (Lipinski definition) is 3. The number of carbonyl (C=O) groups excluding carboxylic acids is 1. The van der Waals surface area contributed by atoms with Crippen LogP contribution in [-0.2, 0) is 17.8 Å². The molecule has 1 aromatic carbocycles. The third kappa shape index (κ3) is 8.87. The number of aryl methyl sites for hydroxylation is 1. The summed E-state index contributed by atoms with van der Waals surface area (Å²) >= 11 is 1.65. The average Bonchev–Trinajstić information content (AvgIpc) is 3.10. The Kier molecular flexibility index (Phi) is 11.5. The Morgan fingerprint density at radius 3 is 2.57 bits per heavy atom. The summed E-state index contributed by atoms with van der Waals surface area (Å²) in [5, 5.41) is 12.4. The quantitative estimate of drug-likeness (QED) is 0.270. The zero-order valence-corrected chi connectivity index (χ0v) is 19.6. The number of benzene rings is 1. The summed E-state index contributed by atoms with van der Waals surface area (Å²) in [7, 11) is 1.63. The zero-order chi connectivity index (χ0) is 19.5. The fraction of sp³-hybridized carbons (Fsp3) is 0.421. The normalized spacial score (nSPS) is 10.8. The number of hydrogen-bond acceptors (Lipinski definition) is 5. The molecule has 0 bridgehead atoms. The number of rotatable bonds is 9. The Labute approximate surface area is 187 Å². The minimum atomic E-state index is -0.127. The maximum atomic E-state index is 12.0. The van der Waals surface area contributed by atoms with Gasteiger partial charge in [-0.05, 0) is 31.5 Å². The molecule has 1 aromatic heterocycles. The van der Waals surface area contributed by atoms with Crippen molar-refractivity contribution < 1.29 is 9.53 Å². The highest BCUT2D eigenvalue weighted by Gasteiger charge is 2.04. The van der Waals surface area contributed by atoms with Crippen LogP contribution in [0.5, 0.6) is 5.75 Å². The molecular formula is C19H28IN5O2S. The smallest absolute Gasteiger partial charge is 0.242 e. The largest absolute Gasteiger partial charge is 0.497 e. The number of nitrogens with one attached hydrogen (secondary N) is 3. The molecule has 28 heavy (non-hydrogen) atoms. The Balaban J connectivity index is 0.00000392. The Bertz CT molecular complexity index is 749. The van der Waals surface area contributed by atoms with Crippen molar-refractivity contribution in [2.75, 3.05) is 26.7 Å². The Hall–Kier alpha value is -1.88. The van der Waals surface area contributed by atoms with E-state index in [-0.39, 0.29) is 36.4 Å². The fourth-order valence-electron chi connectivity index (χ4n) is 2.32. The molecule has 3 N–H and O–H groups in total. The maximum absolute atomic E-state index is 12.0. The molecule has 0 saturated heterocycles. The van der Waals surface area contributed by atoms with Crippen molar-refractivity contribution in [3.63, 3.8) is 0 Å². The fourth-order valence-corrected chi connectivity index (χ4v) is 2.97. The van der Waals surface area contributed by atoms with Gasteiger partial charge >= 0.3 is 0 Å². The summed E-state index contributed by atoms with van der Waals surface area (Å²) in [6, 6.07) is 7.59. The molecule has 1 heterocycles. The zero-order valence-electron chi connectivity index (χ0n) is 16.4. The molecule has 0 atom stereocenters. The van der Waals surface area contributed by atoms with Gasteiger partial charge in [0.2, 0.25) is 5.91 Å². The number of methoxy groups -OCH3 is 1. The number of amides is 1. The lowest BCUT2D eigenvalue weighted by Gasteiger charge is -2.11. The number of carbonyl (C=O) groups is 1. The second-order valence-electron chi connectivity index (χ2n) is 5.85. The van der Waals surface area contributed by atoms with E-state index < -0.39 is 0 Å². The number of aliphatic imine (C=N–C) groups is 1. The number of aromatic nitrogens is 1. The van der Waals surface area contributed by atoms with Gasteiger partial charge in [-0.1, -0.05) is 12.1 Å². The van der Waals surface area contributed by atoms with E-state index in [0.29, 0.717) is 19.0 Å². The van der Waals surface area contributed by atoms with Gasteiger partial charge < -0.3 is 20.7 Å². The van der Waals surface area contributed by atoms with Gasteiger partial charge in [0.25, 0.3) is 0 Å². The highest BCUT2D eigenvalue weighted by Crippen LogP contribution is 2.10. The van der Waals surface area contributed by atoms with E-state index in [2.05, 4.69) is 31.3 Å². The molecule has 0 aliphatic heterocycles. The number of thiazole rings is 1. The predicted octanol–water partition coefficient (Wildman–Crippen LogP) is 2.49. The van der Waals surface area contributed by atoms with Crippen LogP contribution in [0.15, 0.2) is 34.6 Å². The highest BCUT2D eigenvalue weighted by atomic mass is 127. The van der Waals surface area contributed by atoms with Crippen molar-refractivity contribution in [3.8, 4) is 5.75 Å². The van der Waals surface area contributed by atoms with Crippen molar-refractivity contribution in [1.82, 2.24) is 20.9 Å². The van der Waals surface area contributed by atoms with Crippen LogP contribution in [0.3, 0.4) is 0 Å². The topological polar surface area (TPSA) is 87.6 Å². The van der Waals surface area contributed by atoms with Gasteiger partial charge in [0.1, 0.15) is 12.3 Å². The lowest BCUT2D eigenvalue weighted by Crippen LogP contribution is -2.39. The molecule has 0 aliphatic rings. The van der Waals surface area contributed by atoms with Gasteiger partial charge in [0.15, 0.2) is 5.96 Å². The van der Waals surface area contributed by atoms with Crippen LogP contribution in [0.4, 0.5) is 0 Å². The van der Waals surface area contributed by atoms with Crippen molar-refractivity contribution in [3.05, 3.63) is 45.9 Å². The van der Waals surface area contributed by atoms with Crippen LogP contribution in [0.2, 0.25) is 0 Å². The van der Waals surface area contributed by atoms with Crippen molar-refractivity contribution >= 4 is 47.2 Å². The molecule has 0 spiro atoms. The first-order chi connectivity index (χ1) is 13.1. The lowest BCUT2D eigenvalue weighted by molar-refractivity contribution is -0.119. The van der Waals surface area contributed by atoms with E-state index in [9.17, 15) is 4.79 Å². The summed E-state index contributed by atoms with van der Waals surface area (Å²) in [6.07, 6.45) is 0.818. The van der Waals surface area contributed by atoms with E-state index in [4.69, 9.17) is 4.74 Å². The molecule has 0 unspecified atom stereocenters. The standard InChI is InChI=1S/C19H27N5O2S.HI/c1-4-20-19(21-10-9-16-13-27-14(2)24-16)23-12-18(25)22-11-15-5-7-17(26-3)8-6-15;/h5-8,13H,4,9-12H2,1-3H3,(H,22,25)(H2,20,21,23);1H. The van der Waals surface area contributed by atoms with Crippen molar-refractivity contribution in [2.24, 2.45) is 4.99 Å². The van der Waals surface area contributed by atoms with E-state index >= 15 is 0 Å². The molecule has 0 saturated carbocycles. The first-order valence-electron chi connectivity index (χ1n) is 8.93. The van der Waals surface area contributed by atoms with Crippen molar-refractivity contribution in [1.29, 1.82) is 0 Å². The SMILES string of the molecule is CCNC(=NCC(=O)NCc1ccc(OC)cc1)NCCc1csc(C)n1.I. The van der Waals surface area contributed by atoms with Crippen LogP contribution in [0.25, 0.3) is 0 Å². The molecule has 0 aliphatic carbocycles. The van der Waals surface area contributed by atoms with Gasteiger partial charge in [0, 0.05) is 31.4 Å². The molecule has 1 amide bonds. The van der Waals surface area contributed by atoms with Gasteiger partial charge in [0.05, 0.1) is 17.8 Å². The van der Waals surface area contributed by atoms with Crippen LogP contribution in [-0.4, -0.2) is 43.6 Å². The van der Waals surface area contributed by atoms with Gasteiger partial charge in [-0.25, -0.2) is 9.98 Å². The molecule has 0 radical (unpaired) electrons. The molecule has 0 fully saturated rings. The highest BCUT2D eigenvalue weighted by molar-refractivity contribution is 14.0. The third-order valence-corrected chi connectivity index (χ3v) is 4.54. The van der Waals surface area contributed by atoms with E-state index in [0.717, 1.165) is 35.0 Å². The van der Waals surface area contributed by atoms with Crippen LogP contribution >= 0.6 is 35.3 Å². The summed E-state index contributed by atoms with van der Waals surface area (Å²) in [5.41, 5.74) is 2.08. The molecular weight excluding hydrogens is 489 g/mol. The number of ether oxygens (including phenoxy) is 1. The summed E-state index contributed by atoms with van der Waals surface area (Å²) in [4.78, 5) is 20.8. The van der Waals surface area contributed by atoms with E-state index in [1.165, 1.54) is 0 Å². The Morgan fingerprint density at radius 1 is 1.21 bits per heavy atom. The van der Waals surface area contributed by atoms with Gasteiger partial charge in [-0.3, -0.25) is 4.79 Å². The second kappa shape index (κ2) is 13.3. The molecule has 9 heteroatoms. The Morgan fingerprint density at radius 2 is 1.96 bits per heavy atom. The molecule has 7 nitrogen and oxygen atoms in total. The van der Waals surface area contributed by atoms with Gasteiger partial charge in [-0.2, -0.15) is 0 Å². The van der Waals surface area contributed by atoms with Crippen LogP contribution < -0.4 is 20.7 Å². The third-order valence-electron chi connectivity index (χ3n) is 3.71. The van der Waals surface area contributed by atoms with Crippen LogP contribution in [0.1, 0.15) is 23.2 Å². The predicted molar refractivity (Wildman–Crippen MR) is 125 cm³/mol. The van der Waals surface area contributed by atoms with E-state index in [1.54, 1.807) is 18.4 Å².